The van der Waals surface area contributed by atoms with E-state index in [9.17, 15) is 9.90 Å². The van der Waals surface area contributed by atoms with Crippen LogP contribution in [0.1, 0.15) is 30.1 Å². The molecule has 2 aliphatic rings. The van der Waals surface area contributed by atoms with E-state index in [2.05, 4.69) is 11.4 Å². The molecule has 1 aliphatic heterocycles. The number of para-hydroxylation sites is 1. The van der Waals surface area contributed by atoms with Crippen LogP contribution in [0, 0.1) is 0 Å². The number of aliphatic hydroxyl groups is 1. The fourth-order valence-corrected chi connectivity index (χ4v) is 3.59. The summed E-state index contributed by atoms with van der Waals surface area (Å²) < 4.78 is 5.71. The highest BCUT2D eigenvalue weighted by Crippen LogP contribution is 2.55. The Morgan fingerprint density at radius 3 is 2.74 bits per heavy atom. The summed E-state index contributed by atoms with van der Waals surface area (Å²) in [6, 6.07) is 17.1. The molecule has 4 nitrogen and oxygen atoms in total. The van der Waals surface area contributed by atoms with E-state index in [1.54, 1.807) is 12.1 Å². The van der Waals surface area contributed by atoms with Gasteiger partial charge in [0, 0.05) is 17.0 Å². The molecule has 1 heterocycles. The average molecular weight is 309 g/mol. The molecule has 4 heteroatoms. The Balaban J connectivity index is 1.49. The van der Waals surface area contributed by atoms with Gasteiger partial charge < -0.3 is 15.2 Å². The van der Waals surface area contributed by atoms with Gasteiger partial charge in [0.25, 0.3) is 5.91 Å². The lowest BCUT2D eigenvalue weighted by Gasteiger charge is -2.27. The number of ether oxygens (including phenoxy) is 1. The third-order valence-corrected chi connectivity index (χ3v) is 4.98. The maximum atomic E-state index is 12.3. The van der Waals surface area contributed by atoms with Gasteiger partial charge in [0.1, 0.15) is 5.75 Å². The molecule has 2 N–H and O–H groups in total. The molecule has 0 aromatic heterocycles. The molecule has 1 saturated carbocycles. The van der Waals surface area contributed by atoms with Gasteiger partial charge in [0.05, 0.1) is 6.61 Å². The van der Waals surface area contributed by atoms with Crippen LogP contribution >= 0.6 is 0 Å². The van der Waals surface area contributed by atoms with Crippen molar-refractivity contribution in [2.45, 2.75) is 30.4 Å². The van der Waals surface area contributed by atoms with Crippen molar-refractivity contribution >= 4 is 5.91 Å². The number of nitrogens with one attached hydrogen (secondary N) is 1. The molecule has 118 valence electrons. The van der Waals surface area contributed by atoms with Crippen molar-refractivity contribution in [3.8, 4) is 5.75 Å². The Labute approximate surface area is 135 Å². The minimum absolute atomic E-state index is 0.0269. The number of rotatable bonds is 3. The second-order valence-corrected chi connectivity index (χ2v) is 6.33. The van der Waals surface area contributed by atoms with Crippen molar-refractivity contribution in [1.82, 2.24) is 5.32 Å². The summed E-state index contributed by atoms with van der Waals surface area (Å²) in [5.74, 6) is 0.584. The Bertz CT molecular complexity index is 730. The SMILES string of the molecule is O=C(N[C@@H]1C[C@@]12CCOc1ccccc12)[C@@H](O)c1ccccc1. The van der Waals surface area contributed by atoms with Gasteiger partial charge in [-0.05, 0) is 24.5 Å². The highest BCUT2D eigenvalue weighted by molar-refractivity contribution is 5.83. The first-order valence-corrected chi connectivity index (χ1v) is 7.96. The van der Waals surface area contributed by atoms with Crippen LogP contribution in [0.2, 0.25) is 0 Å². The first kappa shape index (κ1) is 14.3. The van der Waals surface area contributed by atoms with Crippen LogP contribution in [0.15, 0.2) is 54.6 Å². The topological polar surface area (TPSA) is 58.6 Å². The number of hydrogen-bond acceptors (Lipinski definition) is 3. The van der Waals surface area contributed by atoms with Crippen LogP contribution in [-0.4, -0.2) is 23.7 Å². The zero-order valence-corrected chi connectivity index (χ0v) is 12.7. The second kappa shape index (κ2) is 5.39. The van der Waals surface area contributed by atoms with Crippen LogP contribution < -0.4 is 10.1 Å². The molecular formula is C19H19NO3. The minimum Gasteiger partial charge on any atom is -0.493 e. The quantitative estimate of drug-likeness (QED) is 0.915. The van der Waals surface area contributed by atoms with Crippen molar-refractivity contribution < 1.29 is 14.6 Å². The molecular weight excluding hydrogens is 290 g/mol. The zero-order valence-electron chi connectivity index (χ0n) is 12.7. The Morgan fingerprint density at radius 1 is 1.17 bits per heavy atom. The third-order valence-electron chi connectivity index (χ3n) is 4.98. The predicted octanol–water partition coefficient (Wildman–Crippen LogP) is 2.33. The first-order valence-electron chi connectivity index (χ1n) is 7.96. The van der Waals surface area contributed by atoms with E-state index in [0.29, 0.717) is 12.2 Å². The second-order valence-electron chi connectivity index (χ2n) is 6.33. The van der Waals surface area contributed by atoms with Crippen molar-refractivity contribution in [2.75, 3.05) is 6.61 Å². The lowest BCUT2D eigenvalue weighted by molar-refractivity contribution is -0.129. The summed E-state index contributed by atoms with van der Waals surface area (Å²) in [5, 5.41) is 13.2. The van der Waals surface area contributed by atoms with Crippen LogP contribution in [-0.2, 0) is 10.2 Å². The smallest absolute Gasteiger partial charge is 0.253 e. The van der Waals surface area contributed by atoms with Crippen molar-refractivity contribution in [1.29, 1.82) is 0 Å². The summed E-state index contributed by atoms with van der Waals surface area (Å²) in [6.07, 6.45) is 0.681. The van der Waals surface area contributed by atoms with Gasteiger partial charge in [-0.3, -0.25) is 4.79 Å². The molecule has 1 fully saturated rings. The molecule has 1 amide bonds. The van der Waals surface area contributed by atoms with Gasteiger partial charge in [-0.25, -0.2) is 0 Å². The van der Waals surface area contributed by atoms with Gasteiger partial charge in [0.15, 0.2) is 6.10 Å². The molecule has 2 aromatic carbocycles. The Morgan fingerprint density at radius 2 is 1.91 bits per heavy atom. The highest BCUT2D eigenvalue weighted by Gasteiger charge is 2.58. The number of amides is 1. The number of hydrogen-bond donors (Lipinski definition) is 2. The summed E-state index contributed by atoms with van der Waals surface area (Å²) in [6.45, 7) is 0.671. The number of benzene rings is 2. The molecule has 2 aromatic rings. The van der Waals surface area contributed by atoms with Crippen molar-refractivity contribution in [2.24, 2.45) is 0 Å². The Kier molecular flexibility index (Phi) is 3.34. The maximum absolute atomic E-state index is 12.3. The Hall–Kier alpha value is -2.33. The molecule has 23 heavy (non-hydrogen) atoms. The monoisotopic (exact) mass is 309 g/mol. The summed E-state index contributed by atoms with van der Waals surface area (Å²) in [5.41, 5.74) is 1.76. The molecule has 0 radical (unpaired) electrons. The molecule has 0 bridgehead atoms. The van der Waals surface area contributed by atoms with Gasteiger partial charge >= 0.3 is 0 Å². The zero-order chi connectivity index (χ0) is 15.9. The number of fused-ring (bicyclic) bond motifs is 2. The molecule has 3 atom stereocenters. The van der Waals surface area contributed by atoms with Gasteiger partial charge in [-0.2, -0.15) is 0 Å². The summed E-state index contributed by atoms with van der Waals surface area (Å²) in [7, 11) is 0. The standard InChI is InChI=1S/C19H19NO3/c21-17(13-6-2-1-3-7-13)18(22)20-16-12-19(16)10-11-23-15-9-5-4-8-14(15)19/h1-9,16-17,21H,10-12H2,(H,20,22)/t16-,17+,19-/m1/s1. The van der Waals surface area contributed by atoms with Crippen LogP contribution in [0.3, 0.4) is 0 Å². The summed E-state index contributed by atoms with van der Waals surface area (Å²) in [4.78, 5) is 12.3. The lowest BCUT2D eigenvalue weighted by atomic mass is 9.89. The number of carbonyl (C=O) groups is 1. The normalized spacial score (nSPS) is 26.0. The van der Waals surface area contributed by atoms with Crippen molar-refractivity contribution in [3.05, 3.63) is 65.7 Å². The van der Waals surface area contributed by atoms with E-state index in [-0.39, 0.29) is 17.4 Å². The molecule has 1 spiro atoms. The van der Waals surface area contributed by atoms with E-state index in [1.165, 1.54) is 5.56 Å². The van der Waals surface area contributed by atoms with E-state index >= 15 is 0 Å². The van der Waals surface area contributed by atoms with Gasteiger partial charge in [-0.15, -0.1) is 0 Å². The van der Waals surface area contributed by atoms with E-state index in [4.69, 9.17) is 4.74 Å². The van der Waals surface area contributed by atoms with E-state index in [1.807, 2.05) is 36.4 Å². The van der Waals surface area contributed by atoms with E-state index < -0.39 is 6.10 Å². The maximum Gasteiger partial charge on any atom is 0.253 e. The predicted molar refractivity (Wildman–Crippen MR) is 86.2 cm³/mol. The van der Waals surface area contributed by atoms with E-state index in [0.717, 1.165) is 18.6 Å². The molecule has 1 aliphatic carbocycles. The third kappa shape index (κ3) is 2.39. The highest BCUT2D eigenvalue weighted by atomic mass is 16.5. The van der Waals surface area contributed by atoms with Crippen LogP contribution in [0.4, 0.5) is 0 Å². The van der Waals surface area contributed by atoms with Gasteiger partial charge in [-0.1, -0.05) is 48.5 Å². The fourth-order valence-electron chi connectivity index (χ4n) is 3.59. The van der Waals surface area contributed by atoms with Crippen LogP contribution in [0.25, 0.3) is 0 Å². The average Bonchev–Trinajstić information content (AvgIpc) is 3.28. The summed E-state index contributed by atoms with van der Waals surface area (Å²) >= 11 is 0. The number of aliphatic hydroxyl groups excluding tert-OH is 1. The molecule has 0 saturated heterocycles. The number of carbonyl (C=O) groups excluding carboxylic acids is 1. The lowest BCUT2D eigenvalue weighted by Crippen LogP contribution is -2.36. The first-order chi connectivity index (χ1) is 11.2. The van der Waals surface area contributed by atoms with Crippen LogP contribution in [0.5, 0.6) is 5.75 Å². The largest absolute Gasteiger partial charge is 0.493 e. The van der Waals surface area contributed by atoms with Gasteiger partial charge in [0.2, 0.25) is 0 Å². The fraction of sp³-hybridized carbons (Fsp3) is 0.316. The van der Waals surface area contributed by atoms with Crippen molar-refractivity contribution in [3.63, 3.8) is 0 Å². The molecule has 0 unspecified atom stereocenters. The molecule has 4 rings (SSSR count). The minimum atomic E-state index is -1.12.